The predicted octanol–water partition coefficient (Wildman–Crippen LogP) is 2.07. The van der Waals surface area contributed by atoms with Crippen molar-refractivity contribution in [3.63, 3.8) is 0 Å². The molecular formula is C19H24O4. The second kappa shape index (κ2) is 5.60. The van der Waals surface area contributed by atoms with Crippen molar-refractivity contribution in [1.29, 1.82) is 0 Å². The van der Waals surface area contributed by atoms with E-state index in [4.69, 9.17) is 4.74 Å². The third-order valence-corrected chi connectivity index (χ3v) is 6.25. The fourth-order valence-corrected chi connectivity index (χ4v) is 5.00. The highest BCUT2D eigenvalue weighted by Gasteiger charge is 2.70. The van der Waals surface area contributed by atoms with Crippen LogP contribution in [0, 0.1) is 17.3 Å². The van der Waals surface area contributed by atoms with E-state index in [0.29, 0.717) is 18.8 Å². The number of fused-ring (bicyclic) bond motifs is 2. The van der Waals surface area contributed by atoms with Crippen molar-refractivity contribution in [3.05, 3.63) is 35.9 Å². The third-order valence-electron chi connectivity index (χ3n) is 6.25. The van der Waals surface area contributed by atoms with Gasteiger partial charge in [0.25, 0.3) is 0 Å². The van der Waals surface area contributed by atoms with Gasteiger partial charge >= 0.3 is 5.97 Å². The third kappa shape index (κ3) is 2.58. The molecule has 124 valence electrons. The number of ether oxygens (including phenoxy) is 1. The Labute approximate surface area is 136 Å². The molecule has 2 saturated carbocycles. The predicted molar refractivity (Wildman–Crippen MR) is 84.5 cm³/mol. The number of hydrogen-bond acceptors (Lipinski definition) is 4. The fraction of sp³-hybridized carbons (Fsp3) is 0.632. The summed E-state index contributed by atoms with van der Waals surface area (Å²) in [5.74, 6) is 0.366. The summed E-state index contributed by atoms with van der Waals surface area (Å²) in [4.78, 5) is 11.5. The lowest BCUT2D eigenvalue weighted by molar-refractivity contribution is -0.141. The molecule has 3 fully saturated rings. The van der Waals surface area contributed by atoms with Crippen LogP contribution >= 0.6 is 0 Å². The average Bonchev–Trinajstić information content (AvgIpc) is 3.05. The Morgan fingerprint density at radius 1 is 1.30 bits per heavy atom. The van der Waals surface area contributed by atoms with Crippen LogP contribution in [-0.2, 0) is 16.0 Å². The van der Waals surface area contributed by atoms with E-state index < -0.39 is 0 Å². The summed E-state index contributed by atoms with van der Waals surface area (Å²) in [5, 5.41) is 20.8. The zero-order valence-electron chi connectivity index (χ0n) is 13.2. The highest BCUT2D eigenvalue weighted by molar-refractivity contribution is 5.73. The molecule has 4 heteroatoms. The normalized spacial score (nSPS) is 39.3. The van der Waals surface area contributed by atoms with Crippen LogP contribution in [0.2, 0.25) is 0 Å². The number of benzene rings is 1. The van der Waals surface area contributed by atoms with Gasteiger partial charge in [-0.1, -0.05) is 30.3 Å². The van der Waals surface area contributed by atoms with Gasteiger partial charge in [-0.2, -0.15) is 0 Å². The quantitative estimate of drug-likeness (QED) is 0.816. The molecule has 1 spiro atoms. The summed E-state index contributed by atoms with van der Waals surface area (Å²) in [6.45, 7) is 0. The smallest absolute Gasteiger partial charge is 0.306 e. The fourth-order valence-electron chi connectivity index (χ4n) is 5.00. The molecule has 0 bridgehead atoms. The highest BCUT2D eigenvalue weighted by Crippen LogP contribution is 2.69. The number of aliphatic hydroxyl groups excluding tert-OH is 2. The van der Waals surface area contributed by atoms with Crippen LogP contribution in [-0.4, -0.2) is 34.5 Å². The van der Waals surface area contributed by atoms with Gasteiger partial charge in [0.05, 0.1) is 18.6 Å². The van der Waals surface area contributed by atoms with E-state index in [1.807, 2.05) is 18.2 Å². The van der Waals surface area contributed by atoms with E-state index >= 15 is 0 Å². The topological polar surface area (TPSA) is 66.8 Å². The van der Waals surface area contributed by atoms with Crippen molar-refractivity contribution in [2.24, 2.45) is 17.3 Å². The van der Waals surface area contributed by atoms with E-state index in [0.717, 1.165) is 25.7 Å². The monoisotopic (exact) mass is 316 g/mol. The average molecular weight is 316 g/mol. The second-order valence-electron chi connectivity index (χ2n) is 7.52. The maximum Gasteiger partial charge on any atom is 0.306 e. The molecule has 2 N–H and O–H groups in total. The first-order valence-corrected chi connectivity index (χ1v) is 8.69. The Kier molecular flexibility index (Phi) is 3.69. The Morgan fingerprint density at radius 3 is 2.87 bits per heavy atom. The molecule has 6 atom stereocenters. The van der Waals surface area contributed by atoms with Crippen LogP contribution in [0.15, 0.2) is 30.3 Å². The van der Waals surface area contributed by atoms with Crippen LogP contribution < -0.4 is 0 Å². The van der Waals surface area contributed by atoms with Gasteiger partial charge in [-0.05, 0) is 37.2 Å². The molecule has 1 aliphatic heterocycles. The number of carbonyl (C=O) groups excluding carboxylic acids is 1. The standard InChI is InChI=1S/C19H24O4/c20-14(7-6-12-4-2-1-3-5-12)8-13-11-19(13)15-9-18(22)23-16(15)10-17(19)21/h1-5,13-17,20-21H,6-11H2/t13?,14-,15-,16-,17+,19?/m0/s1. The van der Waals surface area contributed by atoms with Crippen LogP contribution in [0.5, 0.6) is 0 Å². The zero-order valence-corrected chi connectivity index (χ0v) is 13.2. The van der Waals surface area contributed by atoms with Crippen molar-refractivity contribution in [2.45, 2.75) is 56.8 Å². The maximum atomic E-state index is 11.5. The first-order chi connectivity index (χ1) is 11.1. The van der Waals surface area contributed by atoms with E-state index in [1.54, 1.807) is 0 Å². The van der Waals surface area contributed by atoms with Crippen LogP contribution in [0.25, 0.3) is 0 Å². The van der Waals surface area contributed by atoms with Crippen molar-refractivity contribution >= 4 is 5.97 Å². The first-order valence-electron chi connectivity index (χ1n) is 8.69. The molecule has 2 unspecified atom stereocenters. The number of aryl methyl sites for hydroxylation is 1. The molecule has 4 rings (SSSR count). The summed E-state index contributed by atoms with van der Waals surface area (Å²) in [7, 11) is 0. The van der Waals surface area contributed by atoms with Crippen molar-refractivity contribution in [3.8, 4) is 0 Å². The van der Waals surface area contributed by atoms with Crippen molar-refractivity contribution in [1.82, 2.24) is 0 Å². The number of esters is 1. The van der Waals surface area contributed by atoms with E-state index in [2.05, 4.69) is 12.1 Å². The van der Waals surface area contributed by atoms with E-state index in [9.17, 15) is 15.0 Å². The molecule has 1 saturated heterocycles. The molecule has 0 amide bonds. The zero-order chi connectivity index (χ0) is 16.0. The van der Waals surface area contributed by atoms with Gasteiger partial charge in [-0.25, -0.2) is 0 Å². The Bertz CT molecular complexity index is 586. The Hall–Kier alpha value is -1.39. The van der Waals surface area contributed by atoms with Crippen molar-refractivity contribution in [2.75, 3.05) is 0 Å². The lowest BCUT2D eigenvalue weighted by atomic mass is 9.85. The number of carbonyl (C=O) groups is 1. The van der Waals surface area contributed by atoms with Crippen LogP contribution in [0.4, 0.5) is 0 Å². The minimum atomic E-state index is -0.378. The Balaban J connectivity index is 1.33. The molecule has 2 aliphatic carbocycles. The maximum absolute atomic E-state index is 11.5. The summed E-state index contributed by atoms with van der Waals surface area (Å²) >= 11 is 0. The molecule has 0 radical (unpaired) electrons. The molecule has 23 heavy (non-hydrogen) atoms. The van der Waals surface area contributed by atoms with Gasteiger partial charge in [-0.3, -0.25) is 4.79 Å². The van der Waals surface area contributed by atoms with Gasteiger partial charge < -0.3 is 14.9 Å². The summed E-state index contributed by atoms with van der Waals surface area (Å²) < 4.78 is 5.33. The van der Waals surface area contributed by atoms with Gasteiger partial charge in [0, 0.05) is 17.8 Å². The SMILES string of the molecule is O=C1C[C@H]2[C@H](C[C@@H](O)C23CC3C[C@@H](O)CCc2ccccc2)O1. The molecule has 1 heterocycles. The number of aliphatic hydroxyl groups is 2. The lowest BCUT2D eigenvalue weighted by Crippen LogP contribution is -2.25. The summed E-state index contributed by atoms with van der Waals surface area (Å²) in [6, 6.07) is 10.2. The number of hydrogen-bond donors (Lipinski definition) is 2. The Morgan fingerprint density at radius 2 is 2.09 bits per heavy atom. The van der Waals surface area contributed by atoms with E-state index in [-0.39, 0.29) is 35.6 Å². The molecule has 0 aromatic heterocycles. The van der Waals surface area contributed by atoms with E-state index in [1.165, 1.54) is 5.56 Å². The highest BCUT2D eigenvalue weighted by atomic mass is 16.6. The van der Waals surface area contributed by atoms with Gasteiger partial charge in [-0.15, -0.1) is 0 Å². The van der Waals surface area contributed by atoms with Crippen LogP contribution in [0.3, 0.4) is 0 Å². The number of rotatable bonds is 5. The molecule has 1 aromatic carbocycles. The summed E-state index contributed by atoms with van der Waals surface area (Å²) in [5.41, 5.74) is 1.08. The van der Waals surface area contributed by atoms with Gasteiger partial charge in [0.15, 0.2) is 0 Å². The minimum absolute atomic E-state index is 0.0936. The summed E-state index contributed by atoms with van der Waals surface area (Å²) in [6.07, 6.45) is 3.47. The van der Waals surface area contributed by atoms with Crippen LogP contribution in [0.1, 0.15) is 37.7 Å². The molecular weight excluding hydrogens is 292 g/mol. The van der Waals surface area contributed by atoms with Gasteiger partial charge in [0.1, 0.15) is 6.10 Å². The van der Waals surface area contributed by atoms with Gasteiger partial charge in [0.2, 0.25) is 0 Å². The molecule has 4 nitrogen and oxygen atoms in total. The lowest BCUT2D eigenvalue weighted by Gasteiger charge is -2.21. The molecule has 3 aliphatic rings. The van der Waals surface area contributed by atoms with Crippen molar-refractivity contribution < 1.29 is 19.7 Å². The molecule has 1 aromatic rings. The second-order valence-corrected chi connectivity index (χ2v) is 7.52. The minimum Gasteiger partial charge on any atom is -0.462 e. The first kappa shape index (κ1) is 15.2. The largest absolute Gasteiger partial charge is 0.462 e.